The zero-order chi connectivity index (χ0) is 9.42. The third kappa shape index (κ3) is 1.74. The van der Waals surface area contributed by atoms with Gasteiger partial charge in [0, 0.05) is 11.6 Å². The van der Waals surface area contributed by atoms with Crippen LogP contribution in [0.3, 0.4) is 0 Å². The maximum absolute atomic E-state index is 13.3. The van der Waals surface area contributed by atoms with Gasteiger partial charge in [0.2, 0.25) is 0 Å². The van der Waals surface area contributed by atoms with E-state index in [4.69, 9.17) is 0 Å². The summed E-state index contributed by atoms with van der Waals surface area (Å²) in [5.41, 5.74) is 0.815. The number of aryl methyl sites for hydroxylation is 1. The Kier molecular flexibility index (Phi) is 3.45. The molecule has 0 saturated carbocycles. The maximum Gasteiger partial charge on any atom is 0.163 e. The third-order valence-corrected chi connectivity index (χ3v) is 2.50. The van der Waals surface area contributed by atoms with Gasteiger partial charge in [-0.25, -0.2) is 8.78 Å². The van der Waals surface area contributed by atoms with Gasteiger partial charge in [-0.05, 0) is 25.5 Å². The number of halogens is 3. The molecule has 0 aliphatic carbocycles. The smallest absolute Gasteiger partial charge is 0.163 e. The summed E-state index contributed by atoms with van der Waals surface area (Å²) in [5, 5.41) is 3.04. The summed E-state index contributed by atoms with van der Waals surface area (Å²) in [6.45, 7) is 2.45. The van der Waals surface area contributed by atoms with Gasteiger partial charge in [0.15, 0.2) is 11.6 Å². The van der Waals surface area contributed by atoms with Crippen LogP contribution in [0.15, 0.2) is 12.1 Å². The molecule has 1 atom stereocenters. The van der Waals surface area contributed by atoms with Gasteiger partial charge in [-0.15, -0.1) is 12.4 Å². The number of rotatable bonds is 1. The topological polar surface area (TPSA) is 12.0 Å². The Morgan fingerprint density at radius 1 is 1.29 bits per heavy atom. The summed E-state index contributed by atoms with van der Waals surface area (Å²) in [4.78, 5) is 0. The van der Waals surface area contributed by atoms with Gasteiger partial charge in [-0.1, -0.05) is 12.1 Å². The molecule has 1 aromatic rings. The minimum Gasteiger partial charge on any atom is -0.310 e. The molecular weight excluding hydrogens is 208 g/mol. The van der Waals surface area contributed by atoms with Crippen LogP contribution in [-0.2, 0) is 0 Å². The average molecular weight is 220 g/mol. The molecule has 2 rings (SSSR count). The fraction of sp³-hybridized carbons (Fsp3) is 0.400. The minimum atomic E-state index is -0.716. The molecule has 0 spiro atoms. The number of hydrogen-bond acceptors (Lipinski definition) is 1. The van der Waals surface area contributed by atoms with Gasteiger partial charge < -0.3 is 5.32 Å². The van der Waals surface area contributed by atoms with Crippen LogP contribution in [0.5, 0.6) is 0 Å². The van der Waals surface area contributed by atoms with E-state index in [1.165, 1.54) is 0 Å². The molecule has 0 unspecified atom stereocenters. The van der Waals surface area contributed by atoms with Crippen molar-refractivity contribution in [3.8, 4) is 0 Å². The van der Waals surface area contributed by atoms with Crippen molar-refractivity contribution in [3.05, 3.63) is 34.9 Å². The Hall–Kier alpha value is -0.670. The lowest BCUT2D eigenvalue weighted by atomic mass is 9.96. The summed E-state index contributed by atoms with van der Waals surface area (Å²) in [6.07, 6.45) is 0.888. The summed E-state index contributed by atoms with van der Waals surface area (Å²) < 4.78 is 26.4. The van der Waals surface area contributed by atoms with Gasteiger partial charge in [-0.3, -0.25) is 0 Å². The lowest BCUT2D eigenvalue weighted by molar-refractivity contribution is 0.362. The predicted octanol–water partition coefficient (Wildman–Crippen LogP) is 2.73. The van der Waals surface area contributed by atoms with Crippen LogP contribution in [0.4, 0.5) is 8.78 Å². The van der Waals surface area contributed by atoms with Gasteiger partial charge in [-0.2, -0.15) is 0 Å². The number of benzene rings is 1. The fourth-order valence-electron chi connectivity index (χ4n) is 1.48. The monoisotopic (exact) mass is 219 g/mol. The highest BCUT2D eigenvalue weighted by Gasteiger charge is 2.23. The van der Waals surface area contributed by atoms with Gasteiger partial charge in [0.1, 0.15) is 0 Å². The van der Waals surface area contributed by atoms with E-state index < -0.39 is 11.6 Å². The van der Waals surface area contributed by atoms with E-state index in [-0.39, 0.29) is 18.4 Å². The van der Waals surface area contributed by atoms with E-state index in [9.17, 15) is 8.78 Å². The highest BCUT2D eigenvalue weighted by Crippen LogP contribution is 2.27. The highest BCUT2D eigenvalue weighted by atomic mass is 35.5. The van der Waals surface area contributed by atoms with Gasteiger partial charge in [0.25, 0.3) is 0 Å². The van der Waals surface area contributed by atoms with E-state index in [0.29, 0.717) is 11.1 Å². The quantitative estimate of drug-likeness (QED) is 0.766. The van der Waals surface area contributed by atoms with Crippen molar-refractivity contribution in [2.24, 2.45) is 0 Å². The summed E-state index contributed by atoms with van der Waals surface area (Å²) in [7, 11) is 0. The van der Waals surface area contributed by atoms with E-state index in [2.05, 4.69) is 5.32 Å². The average Bonchev–Trinajstić information content (AvgIpc) is 2.03. The molecule has 1 aromatic carbocycles. The second-order valence-electron chi connectivity index (χ2n) is 3.40. The van der Waals surface area contributed by atoms with E-state index in [0.717, 1.165) is 13.0 Å². The van der Waals surface area contributed by atoms with E-state index in [1.807, 2.05) is 0 Å². The van der Waals surface area contributed by atoms with Gasteiger partial charge in [0.05, 0.1) is 0 Å². The Morgan fingerprint density at radius 3 is 2.43 bits per heavy atom. The Labute approximate surface area is 87.9 Å². The molecule has 1 heterocycles. The Balaban J connectivity index is 0.000000980. The molecule has 0 amide bonds. The summed E-state index contributed by atoms with van der Waals surface area (Å²) >= 11 is 0. The van der Waals surface area contributed by atoms with Crippen molar-refractivity contribution < 1.29 is 8.78 Å². The van der Waals surface area contributed by atoms with Crippen molar-refractivity contribution in [1.29, 1.82) is 0 Å². The van der Waals surface area contributed by atoms with Crippen LogP contribution in [0.2, 0.25) is 0 Å². The maximum atomic E-state index is 13.3. The molecular formula is C10H12ClF2N. The second kappa shape index (κ2) is 4.24. The molecule has 4 heteroatoms. The van der Waals surface area contributed by atoms with Crippen molar-refractivity contribution in [2.45, 2.75) is 19.4 Å². The fourth-order valence-corrected chi connectivity index (χ4v) is 1.48. The first-order chi connectivity index (χ1) is 6.20. The van der Waals surface area contributed by atoms with Gasteiger partial charge >= 0.3 is 0 Å². The molecule has 0 radical (unpaired) electrons. The molecule has 1 aliphatic rings. The molecule has 0 bridgehead atoms. The zero-order valence-electron chi connectivity index (χ0n) is 7.81. The molecule has 1 fully saturated rings. The Morgan fingerprint density at radius 2 is 1.93 bits per heavy atom. The molecule has 1 nitrogen and oxygen atoms in total. The summed E-state index contributed by atoms with van der Waals surface area (Å²) in [5.74, 6) is -1.41. The van der Waals surface area contributed by atoms with Crippen LogP contribution in [0.1, 0.15) is 23.6 Å². The van der Waals surface area contributed by atoms with Crippen LogP contribution in [-0.4, -0.2) is 6.54 Å². The number of hydrogen-bond donors (Lipinski definition) is 1. The molecule has 14 heavy (non-hydrogen) atoms. The van der Waals surface area contributed by atoms with Crippen molar-refractivity contribution in [3.63, 3.8) is 0 Å². The van der Waals surface area contributed by atoms with Crippen LogP contribution < -0.4 is 5.32 Å². The third-order valence-electron chi connectivity index (χ3n) is 2.50. The van der Waals surface area contributed by atoms with Crippen LogP contribution in [0.25, 0.3) is 0 Å². The lowest BCUT2D eigenvalue weighted by Crippen LogP contribution is -2.35. The first kappa shape index (κ1) is 11.4. The molecule has 78 valence electrons. The normalized spacial score (nSPS) is 19.8. The molecule has 1 saturated heterocycles. The lowest BCUT2D eigenvalue weighted by Gasteiger charge is -2.28. The standard InChI is InChI=1S/C10H11F2N.ClH/c1-6-2-3-7(8-4-5-13-8)10(12)9(6)11;/h2-3,8,13H,4-5H2,1H3;1H/t8-;/m0./s1. The molecule has 1 aliphatic heterocycles. The number of nitrogens with one attached hydrogen (secondary N) is 1. The van der Waals surface area contributed by atoms with Crippen molar-refractivity contribution >= 4 is 12.4 Å². The first-order valence-electron chi connectivity index (χ1n) is 4.38. The minimum absolute atomic E-state index is 0. The Bertz CT molecular complexity index is 337. The summed E-state index contributed by atoms with van der Waals surface area (Å²) in [6, 6.07) is 3.29. The SMILES string of the molecule is Cc1ccc([C@@H]2CCN2)c(F)c1F.Cl. The van der Waals surface area contributed by atoms with Crippen LogP contribution >= 0.6 is 12.4 Å². The molecule has 0 aromatic heterocycles. The first-order valence-corrected chi connectivity index (χ1v) is 4.38. The largest absolute Gasteiger partial charge is 0.310 e. The van der Waals surface area contributed by atoms with Crippen molar-refractivity contribution in [1.82, 2.24) is 5.32 Å². The van der Waals surface area contributed by atoms with Crippen molar-refractivity contribution in [2.75, 3.05) is 6.54 Å². The zero-order valence-corrected chi connectivity index (χ0v) is 8.63. The van der Waals surface area contributed by atoms with E-state index >= 15 is 0 Å². The second-order valence-corrected chi connectivity index (χ2v) is 3.40. The van der Waals surface area contributed by atoms with E-state index in [1.54, 1.807) is 19.1 Å². The highest BCUT2D eigenvalue weighted by molar-refractivity contribution is 5.85. The van der Waals surface area contributed by atoms with Crippen LogP contribution in [0, 0.1) is 18.6 Å². The molecule has 1 N–H and O–H groups in total. The predicted molar refractivity (Wildman–Crippen MR) is 53.7 cm³/mol.